The summed E-state index contributed by atoms with van der Waals surface area (Å²) in [7, 11) is 0. The van der Waals surface area contributed by atoms with Crippen LogP contribution in [0, 0.1) is 6.92 Å². The fraction of sp³-hybridized carbons (Fsp3) is 0.0833. The molecule has 0 radical (unpaired) electrons. The number of rotatable bonds is 1. The van der Waals surface area contributed by atoms with Gasteiger partial charge < -0.3 is 4.98 Å². The molecule has 0 aromatic carbocycles. The summed E-state index contributed by atoms with van der Waals surface area (Å²) in [6, 6.07) is 5.93. The molecule has 3 aromatic rings. The van der Waals surface area contributed by atoms with Crippen LogP contribution in [-0.4, -0.2) is 19.9 Å². The monoisotopic (exact) mass is 210 g/mol. The molecule has 3 rings (SSSR count). The SMILES string of the molecule is Cc1cc(-c2c[nH]c3ncccc23)ncn1. The fourth-order valence-corrected chi connectivity index (χ4v) is 1.77. The number of H-pyrrole nitrogens is 1. The molecular weight excluding hydrogens is 200 g/mol. The molecule has 0 fully saturated rings. The lowest BCUT2D eigenvalue weighted by molar-refractivity contribution is 1.11. The van der Waals surface area contributed by atoms with Crippen molar-refractivity contribution >= 4 is 11.0 Å². The molecule has 4 nitrogen and oxygen atoms in total. The van der Waals surface area contributed by atoms with Gasteiger partial charge in [-0.3, -0.25) is 0 Å². The molecule has 0 aliphatic carbocycles. The zero-order valence-corrected chi connectivity index (χ0v) is 8.81. The van der Waals surface area contributed by atoms with E-state index in [0.717, 1.165) is 28.0 Å². The summed E-state index contributed by atoms with van der Waals surface area (Å²) in [6.07, 6.45) is 5.28. The Morgan fingerprint density at radius 1 is 1.19 bits per heavy atom. The number of aromatic amines is 1. The minimum absolute atomic E-state index is 0.883. The first-order chi connectivity index (χ1) is 7.84. The Bertz CT molecular complexity index is 642. The standard InChI is InChI=1S/C12H10N4/c1-8-5-11(16-7-15-8)10-6-14-12-9(10)3-2-4-13-12/h2-7H,1H3,(H,13,14). The number of hydrogen-bond donors (Lipinski definition) is 1. The average molecular weight is 210 g/mol. The van der Waals surface area contributed by atoms with E-state index >= 15 is 0 Å². The first kappa shape index (κ1) is 9.03. The van der Waals surface area contributed by atoms with Gasteiger partial charge in [-0.05, 0) is 25.1 Å². The maximum absolute atomic E-state index is 4.27. The summed E-state index contributed by atoms with van der Waals surface area (Å²) >= 11 is 0. The normalized spacial score (nSPS) is 10.8. The molecule has 0 saturated heterocycles. The highest BCUT2D eigenvalue weighted by atomic mass is 14.9. The third kappa shape index (κ3) is 1.35. The second kappa shape index (κ2) is 3.41. The largest absolute Gasteiger partial charge is 0.345 e. The van der Waals surface area contributed by atoms with E-state index in [1.54, 1.807) is 12.5 Å². The molecule has 0 amide bonds. The van der Waals surface area contributed by atoms with Crippen molar-refractivity contribution < 1.29 is 0 Å². The molecule has 0 spiro atoms. The van der Waals surface area contributed by atoms with Gasteiger partial charge in [0.2, 0.25) is 0 Å². The maximum atomic E-state index is 4.27. The molecular formula is C12H10N4. The topological polar surface area (TPSA) is 54.5 Å². The van der Waals surface area contributed by atoms with E-state index < -0.39 is 0 Å². The summed E-state index contributed by atoms with van der Waals surface area (Å²) in [6.45, 7) is 1.96. The van der Waals surface area contributed by atoms with Crippen LogP contribution < -0.4 is 0 Å². The summed E-state index contributed by atoms with van der Waals surface area (Å²) < 4.78 is 0. The maximum Gasteiger partial charge on any atom is 0.137 e. The smallest absolute Gasteiger partial charge is 0.137 e. The molecule has 4 heteroatoms. The van der Waals surface area contributed by atoms with Gasteiger partial charge in [-0.2, -0.15) is 0 Å². The van der Waals surface area contributed by atoms with Crippen LogP contribution in [0.25, 0.3) is 22.3 Å². The van der Waals surface area contributed by atoms with Crippen molar-refractivity contribution in [2.75, 3.05) is 0 Å². The van der Waals surface area contributed by atoms with Crippen molar-refractivity contribution in [3.8, 4) is 11.3 Å². The minimum Gasteiger partial charge on any atom is -0.345 e. The van der Waals surface area contributed by atoms with E-state index in [-0.39, 0.29) is 0 Å². The van der Waals surface area contributed by atoms with E-state index in [0.29, 0.717) is 0 Å². The molecule has 0 aliphatic heterocycles. The van der Waals surface area contributed by atoms with E-state index in [4.69, 9.17) is 0 Å². The van der Waals surface area contributed by atoms with Gasteiger partial charge >= 0.3 is 0 Å². The van der Waals surface area contributed by atoms with Gasteiger partial charge in [-0.1, -0.05) is 0 Å². The van der Waals surface area contributed by atoms with Crippen molar-refractivity contribution in [1.82, 2.24) is 19.9 Å². The number of hydrogen-bond acceptors (Lipinski definition) is 3. The second-order valence-electron chi connectivity index (χ2n) is 3.65. The zero-order chi connectivity index (χ0) is 11.0. The molecule has 3 heterocycles. The van der Waals surface area contributed by atoms with Crippen molar-refractivity contribution in [2.24, 2.45) is 0 Å². The number of nitrogens with zero attached hydrogens (tertiary/aromatic N) is 3. The van der Waals surface area contributed by atoms with Crippen molar-refractivity contribution in [2.45, 2.75) is 6.92 Å². The van der Waals surface area contributed by atoms with Gasteiger partial charge in [0.1, 0.15) is 12.0 Å². The predicted molar refractivity (Wildman–Crippen MR) is 61.9 cm³/mol. The van der Waals surface area contributed by atoms with Crippen LogP contribution in [0.3, 0.4) is 0 Å². The summed E-state index contributed by atoms with van der Waals surface area (Å²) in [5.41, 5.74) is 3.83. The number of fused-ring (bicyclic) bond motifs is 1. The lowest BCUT2D eigenvalue weighted by atomic mass is 10.1. The van der Waals surface area contributed by atoms with E-state index in [9.17, 15) is 0 Å². The number of pyridine rings is 1. The van der Waals surface area contributed by atoms with Crippen molar-refractivity contribution in [3.05, 3.63) is 42.6 Å². The van der Waals surface area contributed by atoms with Gasteiger partial charge in [0.05, 0.1) is 5.69 Å². The number of nitrogens with one attached hydrogen (secondary N) is 1. The van der Waals surface area contributed by atoms with Gasteiger partial charge in [0.15, 0.2) is 0 Å². The van der Waals surface area contributed by atoms with Crippen LogP contribution in [0.4, 0.5) is 0 Å². The van der Waals surface area contributed by atoms with Crippen LogP contribution in [0.2, 0.25) is 0 Å². The first-order valence-corrected chi connectivity index (χ1v) is 5.06. The Labute approximate surface area is 92.4 Å². The highest BCUT2D eigenvalue weighted by Crippen LogP contribution is 2.25. The third-order valence-electron chi connectivity index (χ3n) is 2.53. The molecule has 16 heavy (non-hydrogen) atoms. The first-order valence-electron chi connectivity index (χ1n) is 5.06. The zero-order valence-electron chi connectivity index (χ0n) is 8.81. The van der Waals surface area contributed by atoms with E-state index in [1.165, 1.54) is 0 Å². The number of aromatic nitrogens is 4. The van der Waals surface area contributed by atoms with Gasteiger partial charge in [0.25, 0.3) is 0 Å². The van der Waals surface area contributed by atoms with Crippen LogP contribution in [0.1, 0.15) is 5.69 Å². The van der Waals surface area contributed by atoms with Gasteiger partial charge in [-0.15, -0.1) is 0 Å². The number of aryl methyl sites for hydroxylation is 1. The summed E-state index contributed by atoms with van der Waals surface area (Å²) in [5, 5.41) is 1.08. The molecule has 0 unspecified atom stereocenters. The second-order valence-corrected chi connectivity index (χ2v) is 3.65. The van der Waals surface area contributed by atoms with E-state index in [1.807, 2.05) is 31.3 Å². The van der Waals surface area contributed by atoms with Crippen molar-refractivity contribution in [1.29, 1.82) is 0 Å². The lowest BCUT2D eigenvalue weighted by Gasteiger charge is -1.98. The Kier molecular flexibility index (Phi) is 1.93. The van der Waals surface area contributed by atoms with Crippen LogP contribution in [0.15, 0.2) is 36.9 Å². The highest BCUT2D eigenvalue weighted by Gasteiger charge is 2.07. The molecule has 0 saturated carbocycles. The van der Waals surface area contributed by atoms with Crippen LogP contribution in [-0.2, 0) is 0 Å². The molecule has 3 aromatic heterocycles. The quantitative estimate of drug-likeness (QED) is 0.670. The molecule has 1 N–H and O–H groups in total. The highest BCUT2D eigenvalue weighted by molar-refractivity contribution is 5.92. The third-order valence-corrected chi connectivity index (χ3v) is 2.53. The summed E-state index contributed by atoms with van der Waals surface area (Å²) in [4.78, 5) is 15.8. The Hall–Kier alpha value is -2.23. The molecule has 0 aliphatic rings. The molecule has 0 bridgehead atoms. The van der Waals surface area contributed by atoms with Crippen molar-refractivity contribution in [3.63, 3.8) is 0 Å². The van der Waals surface area contributed by atoms with Gasteiger partial charge in [-0.25, -0.2) is 15.0 Å². The van der Waals surface area contributed by atoms with Gasteiger partial charge in [0, 0.05) is 29.0 Å². The molecule has 0 atom stereocenters. The molecule has 78 valence electrons. The van der Waals surface area contributed by atoms with Crippen LogP contribution in [0.5, 0.6) is 0 Å². The Morgan fingerprint density at radius 3 is 3.00 bits per heavy atom. The summed E-state index contributed by atoms with van der Waals surface area (Å²) in [5.74, 6) is 0. The minimum atomic E-state index is 0.883. The Morgan fingerprint density at radius 2 is 2.12 bits per heavy atom. The lowest BCUT2D eigenvalue weighted by Crippen LogP contribution is -1.86. The predicted octanol–water partition coefficient (Wildman–Crippen LogP) is 2.33. The Balaban J connectivity index is 2.26. The average Bonchev–Trinajstić information content (AvgIpc) is 2.72. The van der Waals surface area contributed by atoms with E-state index in [2.05, 4.69) is 19.9 Å². The fourth-order valence-electron chi connectivity index (χ4n) is 1.77. The van der Waals surface area contributed by atoms with Crippen LogP contribution >= 0.6 is 0 Å².